The maximum atomic E-state index is 13.2. The van der Waals surface area contributed by atoms with Crippen molar-refractivity contribution >= 4 is 11.7 Å². The highest BCUT2D eigenvalue weighted by molar-refractivity contribution is 5.79. The van der Waals surface area contributed by atoms with Crippen molar-refractivity contribution in [1.82, 2.24) is 9.88 Å². The van der Waals surface area contributed by atoms with E-state index < -0.39 is 17.8 Å². The number of carbonyl (C=O) groups is 1. The summed E-state index contributed by atoms with van der Waals surface area (Å²) in [4.78, 5) is 19.4. The maximum absolute atomic E-state index is 13.2. The third-order valence-corrected chi connectivity index (χ3v) is 5.00. The first-order valence-corrected chi connectivity index (χ1v) is 8.61. The summed E-state index contributed by atoms with van der Waals surface area (Å²) in [5, 5.41) is 0. The molecule has 0 aromatic carbocycles. The van der Waals surface area contributed by atoms with Gasteiger partial charge in [-0.15, -0.1) is 0 Å². The van der Waals surface area contributed by atoms with Gasteiger partial charge < -0.3 is 9.80 Å². The Bertz CT molecular complexity index is 646. The minimum Gasteiger partial charge on any atom is -0.357 e. The lowest BCUT2D eigenvalue weighted by Gasteiger charge is -2.37. The number of pyridine rings is 1. The minimum atomic E-state index is -4.50. The Hall–Kier alpha value is -1.93. The Morgan fingerprint density at radius 2 is 1.69 bits per heavy atom. The molecule has 26 heavy (non-hydrogen) atoms. The van der Waals surface area contributed by atoms with Gasteiger partial charge in [-0.25, -0.2) is 13.8 Å². The van der Waals surface area contributed by atoms with Crippen LogP contribution in [0.2, 0.25) is 0 Å². The van der Waals surface area contributed by atoms with Crippen LogP contribution in [-0.4, -0.2) is 47.9 Å². The normalized spacial score (nSPS) is 21.7. The van der Waals surface area contributed by atoms with Gasteiger partial charge in [0.1, 0.15) is 11.5 Å². The number of piperidine rings is 2. The summed E-state index contributed by atoms with van der Waals surface area (Å²) >= 11 is 0. The fraction of sp³-hybridized carbons (Fsp3) is 0.647. The molecule has 2 aliphatic heterocycles. The number of hydrogen-bond donors (Lipinski definition) is 0. The molecule has 0 radical (unpaired) electrons. The van der Waals surface area contributed by atoms with Crippen molar-refractivity contribution in [3.05, 3.63) is 23.9 Å². The van der Waals surface area contributed by atoms with E-state index in [0.29, 0.717) is 25.9 Å². The standard InChI is InChI=1S/C17H20F5N3O/c18-16(19)6-10-25(11-7-16)15(26)12-4-8-24(9-5-12)14-3-1-2-13(23-14)17(20,21)22/h1-3,12H,4-11H2. The van der Waals surface area contributed by atoms with E-state index in [4.69, 9.17) is 0 Å². The molecule has 2 fully saturated rings. The quantitative estimate of drug-likeness (QED) is 0.740. The fourth-order valence-electron chi connectivity index (χ4n) is 3.43. The molecule has 1 aromatic rings. The topological polar surface area (TPSA) is 36.4 Å². The largest absolute Gasteiger partial charge is 0.433 e. The second-order valence-corrected chi connectivity index (χ2v) is 6.82. The molecule has 0 bridgehead atoms. The molecule has 1 aromatic heterocycles. The number of carbonyl (C=O) groups excluding carboxylic acids is 1. The maximum Gasteiger partial charge on any atom is 0.433 e. The zero-order valence-electron chi connectivity index (χ0n) is 14.1. The Labute approximate surface area is 148 Å². The Balaban J connectivity index is 1.57. The SMILES string of the molecule is O=C(C1CCN(c2cccc(C(F)(F)F)n2)CC1)N1CCC(F)(F)CC1. The van der Waals surface area contributed by atoms with Gasteiger partial charge in [0.05, 0.1) is 0 Å². The first kappa shape index (κ1) is 18.8. The van der Waals surface area contributed by atoms with Crippen molar-refractivity contribution < 1.29 is 26.7 Å². The highest BCUT2D eigenvalue weighted by Crippen LogP contribution is 2.32. The lowest BCUT2D eigenvalue weighted by molar-refractivity contribution is -0.142. The monoisotopic (exact) mass is 377 g/mol. The van der Waals surface area contributed by atoms with E-state index in [1.165, 1.54) is 17.0 Å². The zero-order valence-corrected chi connectivity index (χ0v) is 14.1. The first-order chi connectivity index (χ1) is 12.2. The number of aromatic nitrogens is 1. The third kappa shape index (κ3) is 4.24. The van der Waals surface area contributed by atoms with Crippen LogP contribution in [-0.2, 0) is 11.0 Å². The summed E-state index contributed by atoms with van der Waals surface area (Å²) in [6.45, 7) is 0.936. The van der Waals surface area contributed by atoms with Crippen molar-refractivity contribution in [3.8, 4) is 0 Å². The van der Waals surface area contributed by atoms with E-state index in [1.807, 2.05) is 0 Å². The van der Waals surface area contributed by atoms with E-state index in [-0.39, 0.29) is 43.6 Å². The number of amides is 1. The average molecular weight is 377 g/mol. The van der Waals surface area contributed by atoms with Crippen LogP contribution in [0.1, 0.15) is 31.4 Å². The molecule has 0 saturated carbocycles. The van der Waals surface area contributed by atoms with Gasteiger partial charge in [-0.05, 0) is 25.0 Å². The van der Waals surface area contributed by atoms with E-state index in [0.717, 1.165) is 6.07 Å². The van der Waals surface area contributed by atoms with Crippen LogP contribution in [0.25, 0.3) is 0 Å². The fourth-order valence-corrected chi connectivity index (χ4v) is 3.43. The molecule has 4 nitrogen and oxygen atoms in total. The van der Waals surface area contributed by atoms with Crippen molar-refractivity contribution in [2.45, 2.75) is 37.8 Å². The van der Waals surface area contributed by atoms with E-state index in [9.17, 15) is 26.7 Å². The van der Waals surface area contributed by atoms with Crippen LogP contribution in [0, 0.1) is 5.92 Å². The molecule has 0 aliphatic carbocycles. The van der Waals surface area contributed by atoms with Crippen LogP contribution < -0.4 is 4.90 Å². The highest BCUT2D eigenvalue weighted by Gasteiger charge is 2.38. The lowest BCUT2D eigenvalue weighted by Crippen LogP contribution is -2.47. The van der Waals surface area contributed by atoms with Crippen LogP contribution in [0.15, 0.2) is 18.2 Å². The van der Waals surface area contributed by atoms with Gasteiger partial charge in [0.15, 0.2) is 0 Å². The highest BCUT2D eigenvalue weighted by atomic mass is 19.4. The van der Waals surface area contributed by atoms with E-state index in [2.05, 4.69) is 4.98 Å². The molecule has 1 amide bonds. The van der Waals surface area contributed by atoms with Crippen molar-refractivity contribution in [1.29, 1.82) is 0 Å². The van der Waals surface area contributed by atoms with Crippen LogP contribution >= 0.6 is 0 Å². The van der Waals surface area contributed by atoms with Gasteiger partial charge in [0, 0.05) is 44.9 Å². The molecule has 0 N–H and O–H groups in total. The number of anilines is 1. The summed E-state index contributed by atoms with van der Waals surface area (Å²) in [5.41, 5.74) is -0.942. The Kier molecular flexibility index (Phi) is 5.07. The lowest BCUT2D eigenvalue weighted by atomic mass is 9.94. The number of halogens is 5. The van der Waals surface area contributed by atoms with Gasteiger partial charge in [-0.2, -0.15) is 13.2 Å². The molecule has 0 atom stereocenters. The zero-order chi connectivity index (χ0) is 18.9. The molecule has 144 valence electrons. The van der Waals surface area contributed by atoms with Gasteiger partial charge >= 0.3 is 6.18 Å². The van der Waals surface area contributed by atoms with Gasteiger partial charge in [-0.1, -0.05) is 6.07 Å². The number of nitrogens with zero attached hydrogens (tertiary/aromatic N) is 3. The smallest absolute Gasteiger partial charge is 0.357 e. The molecule has 2 aliphatic rings. The first-order valence-electron chi connectivity index (χ1n) is 8.61. The summed E-state index contributed by atoms with van der Waals surface area (Å²) in [6.07, 6.45) is -4.18. The second kappa shape index (κ2) is 7.00. The molecule has 9 heteroatoms. The molecule has 3 rings (SSSR count). The third-order valence-electron chi connectivity index (χ3n) is 5.00. The summed E-state index contributed by atoms with van der Waals surface area (Å²) in [7, 11) is 0. The molecule has 3 heterocycles. The minimum absolute atomic E-state index is 0.0568. The molecular formula is C17H20F5N3O. The Morgan fingerprint density at radius 1 is 1.08 bits per heavy atom. The molecule has 0 spiro atoms. The van der Waals surface area contributed by atoms with E-state index in [1.54, 1.807) is 4.90 Å². The van der Waals surface area contributed by atoms with Crippen LogP contribution in [0.5, 0.6) is 0 Å². The molecule has 2 saturated heterocycles. The molecular weight excluding hydrogens is 357 g/mol. The molecule has 0 unspecified atom stereocenters. The summed E-state index contributed by atoms with van der Waals surface area (Å²) in [5.74, 6) is -2.86. The number of rotatable bonds is 2. The van der Waals surface area contributed by atoms with Crippen LogP contribution in [0.4, 0.5) is 27.8 Å². The summed E-state index contributed by atoms with van der Waals surface area (Å²) in [6, 6.07) is 3.76. The number of alkyl halides is 5. The van der Waals surface area contributed by atoms with E-state index >= 15 is 0 Å². The van der Waals surface area contributed by atoms with Gasteiger partial charge in [0.25, 0.3) is 5.92 Å². The van der Waals surface area contributed by atoms with Gasteiger partial charge in [0.2, 0.25) is 5.91 Å². The number of hydrogen-bond acceptors (Lipinski definition) is 3. The second-order valence-electron chi connectivity index (χ2n) is 6.82. The Morgan fingerprint density at radius 3 is 2.27 bits per heavy atom. The summed E-state index contributed by atoms with van der Waals surface area (Å²) < 4.78 is 64.8. The number of likely N-dealkylation sites (tertiary alicyclic amines) is 1. The van der Waals surface area contributed by atoms with Crippen molar-refractivity contribution in [2.75, 3.05) is 31.1 Å². The van der Waals surface area contributed by atoms with Crippen molar-refractivity contribution in [2.24, 2.45) is 5.92 Å². The van der Waals surface area contributed by atoms with Crippen LogP contribution in [0.3, 0.4) is 0 Å². The predicted molar refractivity (Wildman–Crippen MR) is 84.9 cm³/mol. The van der Waals surface area contributed by atoms with Crippen molar-refractivity contribution in [3.63, 3.8) is 0 Å². The average Bonchev–Trinajstić information content (AvgIpc) is 2.61. The predicted octanol–water partition coefficient (Wildman–Crippen LogP) is 3.57. The van der Waals surface area contributed by atoms with Gasteiger partial charge in [-0.3, -0.25) is 4.79 Å².